The molecule has 0 radical (unpaired) electrons. The molecule has 7 saturated heterocycles. The standard InChI is InChI=1S/C13H26O.C10H21NO2S.C10H20O.C10H20.C9H18O2.C8H15NO.C7H13NO.C7H12O2/c1-11(2,3)10-8-12(4,5)14-13(6,7)9-10;1-10(2,3)9-5-7-11(8-6-9)14(4,12)13;1-8-7-11-6-5-9(8)10(2,3)4;1-10(2,3)9-7-5-4-6-8-9;1-9(2,3)7-4-5-11-6-8(7)10;1-8(2)6-4-5-7(10)9(8)3;1-7(2)5-3-4-6(9)8-7;1-7(2)5-3-4-6(8)9-7/h10H,8-9H2,1-7H3;9H,5-8H2,1-4H3;8-9H,5-7H2,1-4H3;9H,4-8H2,1-3H3;7-8,10H,4-6H2,1-3H3;4-6H2,1-3H3;3-5H2,1-2H3,(H,8,9);3-5H2,1-2H3. The van der Waals surface area contributed by atoms with Crippen molar-refractivity contribution in [2.45, 2.75) is 342 Å². The smallest absolute Gasteiger partial charge is 0.306 e. The Hall–Kier alpha value is -1.84. The van der Waals surface area contributed by atoms with Crippen molar-refractivity contribution in [3.8, 4) is 0 Å². The fourth-order valence-electron chi connectivity index (χ4n) is 14.2. The summed E-state index contributed by atoms with van der Waals surface area (Å²) in [6.45, 7) is 62.4. The maximum atomic E-state index is 11.3. The summed E-state index contributed by atoms with van der Waals surface area (Å²) in [4.78, 5) is 34.4. The second-order valence-electron chi connectivity index (χ2n) is 36.3. The number of ether oxygens (including phenoxy) is 4. The topological polar surface area (TPSA) is 161 Å². The summed E-state index contributed by atoms with van der Waals surface area (Å²) in [6, 6.07) is 0. The molecule has 0 spiro atoms. The number of cyclic esters (lactones) is 1. The number of aliphatic hydroxyl groups excluding tert-OH is 1. The van der Waals surface area contributed by atoms with Crippen LogP contribution in [0.4, 0.5) is 0 Å². The molecule has 14 heteroatoms. The van der Waals surface area contributed by atoms with Gasteiger partial charge >= 0.3 is 5.97 Å². The van der Waals surface area contributed by atoms with Crippen molar-refractivity contribution >= 4 is 27.8 Å². The van der Waals surface area contributed by atoms with E-state index < -0.39 is 10.0 Å². The van der Waals surface area contributed by atoms with Gasteiger partial charge in [0.25, 0.3) is 0 Å². The largest absolute Gasteiger partial charge is 0.460 e. The molecule has 8 rings (SSSR count). The number of piperidine rings is 3. The zero-order chi connectivity index (χ0) is 68.3. The second kappa shape index (κ2) is 35.1. The Morgan fingerprint density at radius 2 is 0.966 bits per heavy atom. The Balaban J connectivity index is 0.000000505. The molecular formula is C74H145N3O10S. The maximum Gasteiger partial charge on any atom is 0.306 e. The Labute approximate surface area is 544 Å². The van der Waals surface area contributed by atoms with Gasteiger partial charge in [0.1, 0.15) is 5.60 Å². The van der Waals surface area contributed by atoms with Crippen LogP contribution in [0.25, 0.3) is 0 Å². The molecule has 88 heavy (non-hydrogen) atoms. The highest BCUT2D eigenvalue weighted by molar-refractivity contribution is 7.88. The fraction of sp³-hybridized carbons (Fsp3) is 0.959. The van der Waals surface area contributed by atoms with E-state index in [0.29, 0.717) is 66.0 Å². The van der Waals surface area contributed by atoms with Gasteiger partial charge in [-0.3, -0.25) is 14.4 Å². The van der Waals surface area contributed by atoms with Crippen molar-refractivity contribution < 1.29 is 46.9 Å². The summed E-state index contributed by atoms with van der Waals surface area (Å²) < 4.78 is 45.8. The van der Waals surface area contributed by atoms with E-state index in [4.69, 9.17) is 18.9 Å². The van der Waals surface area contributed by atoms with E-state index in [0.717, 1.165) is 108 Å². The normalized spacial score (nSPS) is 27.1. The fourth-order valence-corrected chi connectivity index (χ4v) is 15.1. The number of aliphatic hydroxyl groups is 1. The number of sulfonamides is 1. The van der Waals surface area contributed by atoms with Crippen molar-refractivity contribution in [2.75, 3.05) is 52.8 Å². The number of carbonyl (C=O) groups excluding carboxylic acids is 3. The van der Waals surface area contributed by atoms with Gasteiger partial charge in [-0.1, -0.05) is 130 Å². The number of nitrogens with one attached hydrogen (secondary N) is 1. The van der Waals surface area contributed by atoms with Crippen molar-refractivity contribution in [2.24, 2.45) is 62.6 Å². The van der Waals surface area contributed by atoms with E-state index in [1.165, 1.54) is 57.6 Å². The number of hydrogen-bond acceptors (Lipinski definition) is 10. The van der Waals surface area contributed by atoms with Crippen LogP contribution in [-0.2, 0) is 43.4 Å². The Morgan fingerprint density at radius 1 is 0.523 bits per heavy atom. The highest BCUT2D eigenvalue weighted by atomic mass is 32.2. The van der Waals surface area contributed by atoms with E-state index in [1.807, 2.05) is 25.8 Å². The second-order valence-corrected chi connectivity index (χ2v) is 38.3. The van der Waals surface area contributed by atoms with Gasteiger partial charge in [0.05, 0.1) is 30.2 Å². The lowest BCUT2D eigenvalue weighted by molar-refractivity contribution is -0.185. The molecule has 7 aliphatic heterocycles. The highest BCUT2D eigenvalue weighted by Gasteiger charge is 2.43. The first kappa shape index (κ1) is 84.2. The third kappa shape index (κ3) is 33.8. The van der Waals surface area contributed by atoms with E-state index in [9.17, 15) is 27.9 Å². The van der Waals surface area contributed by atoms with Crippen LogP contribution in [-0.4, -0.2) is 127 Å². The minimum Gasteiger partial charge on any atom is -0.460 e. The lowest BCUT2D eigenvalue weighted by Crippen LogP contribution is -2.48. The molecule has 0 aromatic heterocycles. The average Bonchev–Trinajstić information content (AvgIpc) is 1.95. The number of carbonyl (C=O) groups is 3. The Kier molecular flexibility index (Phi) is 33.5. The molecule has 7 heterocycles. The number of esters is 1. The molecule has 8 fully saturated rings. The van der Waals surface area contributed by atoms with E-state index in [-0.39, 0.29) is 57.2 Å². The first-order valence-electron chi connectivity index (χ1n) is 34.9. The van der Waals surface area contributed by atoms with Crippen molar-refractivity contribution in [1.29, 1.82) is 0 Å². The molecule has 0 aromatic rings. The first-order valence-corrected chi connectivity index (χ1v) is 36.7. The first-order chi connectivity index (χ1) is 39.6. The Morgan fingerprint density at radius 3 is 1.28 bits per heavy atom. The third-order valence-electron chi connectivity index (χ3n) is 20.1. The van der Waals surface area contributed by atoms with E-state index in [1.54, 1.807) is 4.31 Å². The van der Waals surface area contributed by atoms with Gasteiger partial charge in [-0.05, 0) is 222 Å². The van der Waals surface area contributed by atoms with Crippen LogP contribution in [0, 0.1) is 62.6 Å². The van der Waals surface area contributed by atoms with Crippen molar-refractivity contribution in [3.63, 3.8) is 0 Å². The van der Waals surface area contributed by atoms with Crippen LogP contribution in [0.5, 0.6) is 0 Å². The molecule has 4 unspecified atom stereocenters. The van der Waals surface area contributed by atoms with Gasteiger partial charge in [0, 0.05) is 70.3 Å². The molecule has 2 N–H and O–H groups in total. The molecular weight excluding hydrogens is 1120 g/mol. The Bertz CT molecular complexity index is 2060. The van der Waals surface area contributed by atoms with Gasteiger partial charge in [0.15, 0.2) is 0 Å². The average molecular weight is 1270 g/mol. The number of amides is 2. The predicted molar refractivity (Wildman–Crippen MR) is 369 cm³/mol. The highest BCUT2D eigenvalue weighted by Crippen LogP contribution is 2.46. The molecule has 0 aromatic carbocycles. The van der Waals surface area contributed by atoms with Crippen LogP contribution in [0.15, 0.2) is 0 Å². The molecule has 13 nitrogen and oxygen atoms in total. The van der Waals surface area contributed by atoms with Gasteiger partial charge in [-0.2, -0.15) is 0 Å². The summed E-state index contributed by atoms with van der Waals surface area (Å²) in [6.07, 6.45) is 23.4. The molecule has 522 valence electrons. The maximum absolute atomic E-state index is 11.3. The molecule has 2 amide bonds. The van der Waals surface area contributed by atoms with E-state index >= 15 is 0 Å². The number of hydrogen-bond donors (Lipinski definition) is 2. The van der Waals surface area contributed by atoms with Gasteiger partial charge in [-0.15, -0.1) is 0 Å². The quantitative estimate of drug-likeness (QED) is 0.242. The van der Waals surface area contributed by atoms with Crippen LogP contribution in [0.3, 0.4) is 0 Å². The number of rotatable bonds is 1. The molecule has 8 aliphatic rings. The van der Waals surface area contributed by atoms with Crippen LogP contribution < -0.4 is 5.32 Å². The van der Waals surface area contributed by atoms with Gasteiger partial charge in [0.2, 0.25) is 21.8 Å². The third-order valence-corrected chi connectivity index (χ3v) is 21.4. The number of likely N-dealkylation sites (tertiary alicyclic amines) is 1. The minimum absolute atomic E-state index is 0.0414. The summed E-state index contributed by atoms with van der Waals surface area (Å²) in [5, 5.41) is 12.5. The van der Waals surface area contributed by atoms with Gasteiger partial charge < -0.3 is 34.3 Å². The van der Waals surface area contributed by atoms with Gasteiger partial charge in [-0.25, -0.2) is 12.7 Å². The minimum atomic E-state index is -2.96. The molecule has 1 aliphatic carbocycles. The molecule has 4 atom stereocenters. The van der Waals surface area contributed by atoms with E-state index in [2.05, 4.69) is 171 Å². The summed E-state index contributed by atoms with van der Waals surface area (Å²) >= 11 is 0. The summed E-state index contributed by atoms with van der Waals surface area (Å²) in [7, 11) is -1.07. The lowest BCUT2D eigenvalue weighted by atomic mass is 9.68. The monoisotopic (exact) mass is 1270 g/mol. The predicted octanol–water partition coefficient (Wildman–Crippen LogP) is 17.4. The summed E-state index contributed by atoms with van der Waals surface area (Å²) in [5.74, 6) is 4.84. The molecule has 1 saturated carbocycles. The zero-order valence-electron chi connectivity index (χ0n) is 62.9. The van der Waals surface area contributed by atoms with Crippen LogP contribution in [0.1, 0.15) is 308 Å². The molecule has 0 bridgehead atoms. The summed E-state index contributed by atoms with van der Waals surface area (Å²) in [5.41, 5.74) is 1.98. The number of nitrogens with zero attached hydrogens (tertiary/aromatic N) is 2. The van der Waals surface area contributed by atoms with Crippen molar-refractivity contribution in [1.82, 2.24) is 14.5 Å². The van der Waals surface area contributed by atoms with Crippen LogP contribution >= 0.6 is 0 Å². The lowest BCUT2D eigenvalue weighted by Gasteiger charge is -2.49. The van der Waals surface area contributed by atoms with Crippen molar-refractivity contribution in [3.05, 3.63) is 0 Å². The van der Waals surface area contributed by atoms with Crippen LogP contribution in [0.2, 0.25) is 0 Å². The zero-order valence-corrected chi connectivity index (χ0v) is 63.7. The SMILES string of the molecule is CC(C)(C)C1CCCCC1.CC(C)(C)C1CCN(S(C)(=O)=O)CC1.CC(C)(C)C1CCOCC1O.CC1(C)CC(C(C)(C)C)CC(C)(C)O1.CC1(C)CCCC(=O)N1.CC1(C)CCCC(=O)O1.CC1COCCC1C(C)(C)C.CN1C(=O)CCCC1(C)C.